The Morgan fingerprint density at radius 1 is 1.38 bits per heavy atom. The molecule has 0 aromatic heterocycles. The maximum atomic E-state index is 8.39. The lowest BCUT2D eigenvalue weighted by Crippen LogP contribution is -2.20. The van der Waals surface area contributed by atoms with E-state index in [2.05, 4.69) is 20.8 Å². The summed E-state index contributed by atoms with van der Waals surface area (Å²) in [6.45, 7) is 7.87. The highest BCUT2D eigenvalue weighted by Crippen LogP contribution is 2.17. The van der Waals surface area contributed by atoms with Crippen LogP contribution >= 0.6 is 0 Å². The van der Waals surface area contributed by atoms with Gasteiger partial charge in [0.2, 0.25) is 0 Å². The molecule has 0 bridgehead atoms. The Morgan fingerprint density at radius 2 is 2.00 bits per heavy atom. The second-order valence-corrected chi connectivity index (χ2v) is 4.45. The molecule has 0 spiro atoms. The summed E-state index contributed by atoms with van der Waals surface area (Å²) in [5.74, 6) is 0. The van der Waals surface area contributed by atoms with Crippen molar-refractivity contribution >= 4 is 0 Å². The van der Waals surface area contributed by atoms with E-state index in [0.29, 0.717) is 18.4 Å². The molecule has 0 aliphatic heterocycles. The van der Waals surface area contributed by atoms with Crippen molar-refractivity contribution in [2.75, 3.05) is 13.2 Å². The smallest absolute Gasteiger partial charge is 0.0950 e. The number of hydrogen-bond donors (Lipinski definition) is 1. The SMILES string of the molecule is CC(C)(C)CCOCCC(N)C#N. The third kappa shape index (κ3) is 9.32. The summed E-state index contributed by atoms with van der Waals surface area (Å²) < 4.78 is 5.35. The van der Waals surface area contributed by atoms with Crippen molar-refractivity contribution in [2.24, 2.45) is 11.1 Å². The summed E-state index contributed by atoms with van der Waals surface area (Å²) in [6.07, 6.45) is 1.66. The van der Waals surface area contributed by atoms with Gasteiger partial charge in [0.05, 0.1) is 12.1 Å². The fraction of sp³-hybridized carbons (Fsp3) is 0.900. The lowest BCUT2D eigenvalue weighted by atomic mass is 9.93. The molecule has 0 radical (unpaired) electrons. The normalized spacial score (nSPS) is 13.8. The largest absolute Gasteiger partial charge is 0.381 e. The molecule has 3 heteroatoms. The van der Waals surface area contributed by atoms with E-state index in [1.54, 1.807) is 0 Å². The first-order chi connectivity index (χ1) is 5.95. The minimum atomic E-state index is -0.380. The van der Waals surface area contributed by atoms with Crippen molar-refractivity contribution in [3.8, 4) is 6.07 Å². The van der Waals surface area contributed by atoms with E-state index >= 15 is 0 Å². The van der Waals surface area contributed by atoms with Gasteiger partial charge < -0.3 is 10.5 Å². The van der Waals surface area contributed by atoms with Crippen LogP contribution in [0.25, 0.3) is 0 Å². The highest BCUT2D eigenvalue weighted by molar-refractivity contribution is 4.85. The molecule has 0 saturated carbocycles. The summed E-state index contributed by atoms with van der Waals surface area (Å²) in [4.78, 5) is 0. The van der Waals surface area contributed by atoms with Crippen molar-refractivity contribution in [2.45, 2.75) is 39.7 Å². The second kappa shape index (κ2) is 5.95. The van der Waals surface area contributed by atoms with Crippen LogP contribution in [0.4, 0.5) is 0 Å². The summed E-state index contributed by atoms with van der Waals surface area (Å²) in [5.41, 5.74) is 5.72. The molecule has 0 heterocycles. The van der Waals surface area contributed by atoms with Gasteiger partial charge in [-0.1, -0.05) is 20.8 Å². The molecule has 0 fully saturated rings. The molecule has 0 amide bonds. The van der Waals surface area contributed by atoms with Gasteiger partial charge in [-0.05, 0) is 18.3 Å². The number of ether oxygens (including phenoxy) is 1. The lowest BCUT2D eigenvalue weighted by molar-refractivity contribution is 0.105. The first-order valence-electron chi connectivity index (χ1n) is 4.68. The second-order valence-electron chi connectivity index (χ2n) is 4.45. The average Bonchev–Trinajstić information content (AvgIpc) is 2.01. The van der Waals surface area contributed by atoms with Crippen LogP contribution in [0, 0.1) is 16.7 Å². The maximum absolute atomic E-state index is 8.39. The molecule has 0 aromatic carbocycles. The average molecular weight is 184 g/mol. The van der Waals surface area contributed by atoms with Crippen LogP contribution in [-0.4, -0.2) is 19.3 Å². The Labute approximate surface area is 80.9 Å². The molecule has 0 aliphatic carbocycles. The zero-order valence-corrected chi connectivity index (χ0v) is 8.84. The standard InChI is InChI=1S/C10H20N2O/c1-10(2,3)5-7-13-6-4-9(12)8-11/h9H,4-7,12H2,1-3H3. The van der Waals surface area contributed by atoms with Crippen LogP contribution in [0.3, 0.4) is 0 Å². The number of rotatable bonds is 5. The predicted octanol–water partition coefficient (Wildman–Crippen LogP) is 1.68. The molecule has 3 nitrogen and oxygen atoms in total. The lowest BCUT2D eigenvalue weighted by Gasteiger charge is -2.17. The van der Waals surface area contributed by atoms with Gasteiger partial charge in [0.15, 0.2) is 0 Å². The fourth-order valence-corrected chi connectivity index (χ4v) is 0.755. The third-order valence-electron chi connectivity index (χ3n) is 1.74. The Morgan fingerprint density at radius 3 is 2.46 bits per heavy atom. The molecule has 0 aromatic rings. The minimum absolute atomic E-state index is 0.317. The monoisotopic (exact) mass is 184 g/mol. The van der Waals surface area contributed by atoms with Crippen LogP contribution < -0.4 is 5.73 Å². The van der Waals surface area contributed by atoms with E-state index in [1.807, 2.05) is 6.07 Å². The van der Waals surface area contributed by atoms with Crippen molar-refractivity contribution in [3.63, 3.8) is 0 Å². The van der Waals surface area contributed by atoms with Crippen molar-refractivity contribution in [3.05, 3.63) is 0 Å². The van der Waals surface area contributed by atoms with Gasteiger partial charge in [0, 0.05) is 13.2 Å². The topological polar surface area (TPSA) is 59.0 Å². The fourth-order valence-electron chi connectivity index (χ4n) is 0.755. The molecule has 1 atom stereocenters. The highest BCUT2D eigenvalue weighted by Gasteiger charge is 2.09. The first-order valence-corrected chi connectivity index (χ1v) is 4.68. The highest BCUT2D eigenvalue weighted by atomic mass is 16.5. The zero-order chi connectivity index (χ0) is 10.3. The third-order valence-corrected chi connectivity index (χ3v) is 1.74. The van der Waals surface area contributed by atoms with E-state index in [-0.39, 0.29) is 6.04 Å². The van der Waals surface area contributed by atoms with Gasteiger partial charge in [-0.3, -0.25) is 0 Å². The number of hydrogen-bond acceptors (Lipinski definition) is 3. The number of nitrogens with two attached hydrogens (primary N) is 1. The molecule has 13 heavy (non-hydrogen) atoms. The van der Waals surface area contributed by atoms with Gasteiger partial charge in [-0.2, -0.15) is 5.26 Å². The Kier molecular flexibility index (Phi) is 5.68. The summed E-state index contributed by atoms with van der Waals surface area (Å²) in [5, 5.41) is 8.39. The Balaban J connectivity index is 3.24. The van der Waals surface area contributed by atoms with Gasteiger partial charge in [0.25, 0.3) is 0 Å². The Hall–Kier alpha value is -0.590. The molecular formula is C10H20N2O. The summed E-state index contributed by atoms with van der Waals surface area (Å²) >= 11 is 0. The van der Waals surface area contributed by atoms with Crippen LogP contribution in [-0.2, 0) is 4.74 Å². The molecule has 0 saturated heterocycles. The van der Waals surface area contributed by atoms with Gasteiger partial charge >= 0.3 is 0 Å². The van der Waals surface area contributed by atoms with Gasteiger partial charge in [0.1, 0.15) is 0 Å². The molecule has 1 unspecified atom stereocenters. The van der Waals surface area contributed by atoms with E-state index in [9.17, 15) is 0 Å². The maximum Gasteiger partial charge on any atom is 0.0950 e. The molecule has 0 aliphatic rings. The van der Waals surface area contributed by atoms with Crippen LogP contribution in [0.5, 0.6) is 0 Å². The van der Waals surface area contributed by atoms with Crippen LogP contribution in [0.1, 0.15) is 33.6 Å². The quantitative estimate of drug-likeness (QED) is 0.661. The molecular weight excluding hydrogens is 164 g/mol. The Bertz CT molecular complexity index is 167. The minimum Gasteiger partial charge on any atom is -0.381 e. The number of nitriles is 1. The first kappa shape index (κ1) is 12.4. The van der Waals surface area contributed by atoms with Gasteiger partial charge in [-0.15, -0.1) is 0 Å². The van der Waals surface area contributed by atoms with E-state index in [0.717, 1.165) is 13.0 Å². The molecule has 2 N–H and O–H groups in total. The number of nitrogens with zero attached hydrogens (tertiary/aromatic N) is 1. The van der Waals surface area contributed by atoms with Crippen molar-refractivity contribution in [1.82, 2.24) is 0 Å². The van der Waals surface area contributed by atoms with Crippen LogP contribution in [0.2, 0.25) is 0 Å². The predicted molar refractivity (Wildman–Crippen MR) is 53.1 cm³/mol. The summed E-state index contributed by atoms with van der Waals surface area (Å²) in [7, 11) is 0. The van der Waals surface area contributed by atoms with E-state index in [1.165, 1.54) is 0 Å². The van der Waals surface area contributed by atoms with Crippen molar-refractivity contribution in [1.29, 1.82) is 5.26 Å². The van der Waals surface area contributed by atoms with E-state index in [4.69, 9.17) is 15.7 Å². The molecule has 76 valence electrons. The van der Waals surface area contributed by atoms with Crippen molar-refractivity contribution < 1.29 is 4.74 Å². The van der Waals surface area contributed by atoms with E-state index < -0.39 is 0 Å². The molecule has 0 rings (SSSR count). The summed E-state index contributed by atoms with van der Waals surface area (Å²) in [6, 6.07) is 1.59. The van der Waals surface area contributed by atoms with Crippen LogP contribution in [0.15, 0.2) is 0 Å². The zero-order valence-electron chi connectivity index (χ0n) is 8.84. The van der Waals surface area contributed by atoms with Gasteiger partial charge in [-0.25, -0.2) is 0 Å².